The summed E-state index contributed by atoms with van der Waals surface area (Å²) < 4.78 is 5.43. The van der Waals surface area contributed by atoms with Crippen LogP contribution in [-0.2, 0) is 4.74 Å². The van der Waals surface area contributed by atoms with Gasteiger partial charge in [-0.2, -0.15) is 0 Å². The summed E-state index contributed by atoms with van der Waals surface area (Å²) >= 11 is 0. The molecule has 0 aliphatic carbocycles. The smallest absolute Gasteiger partial charge is 0.337 e. The highest BCUT2D eigenvalue weighted by molar-refractivity contribution is 5.87. The van der Waals surface area contributed by atoms with Crippen LogP contribution in [0.1, 0.15) is 37.0 Å². The normalized spacial score (nSPS) is 10.6. The molecule has 0 aliphatic rings. The molecule has 0 saturated heterocycles. The number of hydrogen-bond acceptors (Lipinski definition) is 4. The Morgan fingerprint density at radius 1 is 1.44 bits per heavy atom. The van der Waals surface area contributed by atoms with Gasteiger partial charge in [-0.15, -0.1) is 0 Å². The second kappa shape index (κ2) is 7.66. The van der Waals surface area contributed by atoms with Gasteiger partial charge in [0.2, 0.25) is 0 Å². The largest absolute Gasteiger partial charge is 0.478 e. The molecule has 1 rings (SSSR count). The van der Waals surface area contributed by atoms with Crippen molar-refractivity contribution >= 4 is 11.8 Å². The Morgan fingerprint density at radius 2 is 2.22 bits per heavy atom. The third-order valence-corrected chi connectivity index (χ3v) is 2.34. The Labute approximate surface area is 107 Å². The minimum Gasteiger partial charge on any atom is -0.478 e. The number of nitrogens with zero attached hydrogens (tertiary/aromatic N) is 1. The van der Waals surface area contributed by atoms with Crippen molar-refractivity contribution in [2.45, 2.75) is 32.8 Å². The van der Waals surface area contributed by atoms with Crippen LogP contribution < -0.4 is 5.32 Å². The van der Waals surface area contributed by atoms with Gasteiger partial charge in [-0.25, -0.2) is 9.78 Å². The van der Waals surface area contributed by atoms with Crippen LogP contribution in [0.2, 0.25) is 0 Å². The van der Waals surface area contributed by atoms with Gasteiger partial charge in [0.05, 0.1) is 11.7 Å². The lowest BCUT2D eigenvalue weighted by Crippen LogP contribution is -2.08. The van der Waals surface area contributed by atoms with Gasteiger partial charge < -0.3 is 15.2 Å². The van der Waals surface area contributed by atoms with Crippen molar-refractivity contribution < 1.29 is 14.6 Å². The van der Waals surface area contributed by atoms with Crippen LogP contribution in [0.25, 0.3) is 0 Å². The molecule has 0 aliphatic heterocycles. The Hall–Kier alpha value is -1.62. The average molecular weight is 252 g/mol. The summed E-state index contributed by atoms with van der Waals surface area (Å²) in [6.45, 7) is 5.62. The molecule has 1 aromatic rings. The molecular weight excluding hydrogens is 232 g/mol. The van der Waals surface area contributed by atoms with Crippen molar-refractivity contribution in [2.24, 2.45) is 0 Å². The molecule has 0 radical (unpaired) electrons. The first-order valence-corrected chi connectivity index (χ1v) is 6.14. The maximum absolute atomic E-state index is 10.6. The van der Waals surface area contributed by atoms with Crippen LogP contribution in [0.5, 0.6) is 0 Å². The number of carbonyl (C=O) groups is 1. The molecule has 0 amide bonds. The molecule has 5 heteroatoms. The standard InChI is InChI=1S/C13H20N2O3/c1-10(2)18-8-4-3-7-14-12-6-5-11(9-15-12)13(16)17/h5-6,9-10H,3-4,7-8H2,1-2H3,(H,14,15)(H,16,17). The summed E-state index contributed by atoms with van der Waals surface area (Å²) in [5.41, 5.74) is 0.200. The van der Waals surface area contributed by atoms with Gasteiger partial charge in [0.25, 0.3) is 0 Å². The zero-order valence-corrected chi connectivity index (χ0v) is 10.8. The van der Waals surface area contributed by atoms with Crippen molar-refractivity contribution in [3.63, 3.8) is 0 Å². The average Bonchev–Trinajstić information content (AvgIpc) is 2.34. The van der Waals surface area contributed by atoms with Crippen molar-refractivity contribution in [3.8, 4) is 0 Å². The fourth-order valence-electron chi connectivity index (χ4n) is 1.39. The highest BCUT2D eigenvalue weighted by Gasteiger charge is 2.02. The Kier molecular flexibility index (Phi) is 6.14. The fraction of sp³-hybridized carbons (Fsp3) is 0.538. The molecule has 0 bridgehead atoms. The number of carboxylic acids is 1. The predicted molar refractivity (Wildman–Crippen MR) is 70.0 cm³/mol. The molecule has 2 N–H and O–H groups in total. The number of ether oxygens (including phenoxy) is 1. The first kappa shape index (κ1) is 14.4. The number of nitrogens with one attached hydrogen (secondary N) is 1. The third kappa shape index (κ3) is 5.63. The molecule has 0 spiro atoms. The van der Waals surface area contributed by atoms with E-state index in [-0.39, 0.29) is 11.7 Å². The van der Waals surface area contributed by atoms with Crippen LogP contribution >= 0.6 is 0 Å². The summed E-state index contributed by atoms with van der Waals surface area (Å²) in [5, 5.41) is 11.9. The van der Waals surface area contributed by atoms with Crippen molar-refractivity contribution in [3.05, 3.63) is 23.9 Å². The summed E-state index contributed by atoms with van der Waals surface area (Å²) in [6, 6.07) is 3.22. The van der Waals surface area contributed by atoms with Gasteiger partial charge in [-0.3, -0.25) is 0 Å². The van der Waals surface area contributed by atoms with E-state index in [1.165, 1.54) is 6.20 Å². The van der Waals surface area contributed by atoms with Crippen LogP contribution in [-0.4, -0.2) is 35.3 Å². The lowest BCUT2D eigenvalue weighted by atomic mass is 10.3. The van der Waals surface area contributed by atoms with E-state index in [0.717, 1.165) is 26.0 Å². The van der Waals surface area contributed by atoms with Crippen molar-refractivity contribution in [1.29, 1.82) is 0 Å². The van der Waals surface area contributed by atoms with Crippen LogP contribution in [0, 0.1) is 0 Å². The molecular formula is C13H20N2O3. The van der Waals surface area contributed by atoms with Crippen LogP contribution in [0.3, 0.4) is 0 Å². The van der Waals surface area contributed by atoms with Gasteiger partial charge >= 0.3 is 5.97 Å². The molecule has 5 nitrogen and oxygen atoms in total. The maximum atomic E-state index is 10.6. The van der Waals surface area contributed by atoms with Crippen molar-refractivity contribution in [2.75, 3.05) is 18.5 Å². The topological polar surface area (TPSA) is 71.5 Å². The molecule has 0 unspecified atom stereocenters. The molecule has 0 saturated carbocycles. The minimum atomic E-state index is -0.958. The van der Waals surface area contributed by atoms with Crippen molar-refractivity contribution in [1.82, 2.24) is 4.98 Å². The zero-order valence-electron chi connectivity index (χ0n) is 10.8. The molecule has 0 fully saturated rings. The van der Waals surface area contributed by atoms with Gasteiger partial charge in [0.15, 0.2) is 0 Å². The Balaban J connectivity index is 2.17. The van der Waals surface area contributed by atoms with Gasteiger partial charge in [0.1, 0.15) is 5.82 Å². The molecule has 1 aromatic heterocycles. The van der Waals surface area contributed by atoms with Crippen LogP contribution in [0.4, 0.5) is 5.82 Å². The molecule has 1 heterocycles. The highest BCUT2D eigenvalue weighted by atomic mass is 16.5. The van der Waals surface area contributed by atoms with E-state index in [4.69, 9.17) is 9.84 Å². The highest BCUT2D eigenvalue weighted by Crippen LogP contribution is 2.05. The van der Waals surface area contributed by atoms with E-state index < -0.39 is 5.97 Å². The summed E-state index contributed by atoms with van der Waals surface area (Å²) in [7, 11) is 0. The summed E-state index contributed by atoms with van der Waals surface area (Å²) in [4.78, 5) is 14.6. The Morgan fingerprint density at radius 3 is 2.78 bits per heavy atom. The van der Waals surface area contributed by atoms with Gasteiger partial charge in [0, 0.05) is 19.3 Å². The number of pyridine rings is 1. The number of carboxylic acid groups (broad SMARTS) is 1. The second-order valence-electron chi connectivity index (χ2n) is 4.29. The second-order valence-corrected chi connectivity index (χ2v) is 4.29. The summed E-state index contributed by atoms with van der Waals surface area (Å²) in [6.07, 6.45) is 3.63. The van der Waals surface area contributed by atoms with Crippen LogP contribution in [0.15, 0.2) is 18.3 Å². The molecule has 100 valence electrons. The third-order valence-electron chi connectivity index (χ3n) is 2.34. The number of hydrogen-bond donors (Lipinski definition) is 2. The van der Waals surface area contributed by atoms with Gasteiger partial charge in [-0.1, -0.05) is 0 Å². The Bertz CT molecular complexity index is 363. The number of unbranched alkanes of at least 4 members (excludes halogenated alkanes) is 1. The van der Waals surface area contributed by atoms with E-state index in [9.17, 15) is 4.79 Å². The molecule has 18 heavy (non-hydrogen) atoms. The lowest BCUT2D eigenvalue weighted by Gasteiger charge is -2.08. The quantitative estimate of drug-likeness (QED) is 0.695. The fourth-order valence-corrected chi connectivity index (χ4v) is 1.39. The number of rotatable bonds is 8. The van der Waals surface area contributed by atoms with Gasteiger partial charge in [-0.05, 0) is 38.8 Å². The first-order valence-electron chi connectivity index (χ1n) is 6.14. The number of anilines is 1. The number of aromatic carboxylic acids is 1. The summed E-state index contributed by atoms with van der Waals surface area (Å²) in [5.74, 6) is -0.260. The van der Waals surface area contributed by atoms with E-state index in [0.29, 0.717) is 5.82 Å². The van der Waals surface area contributed by atoms with E-state index in [1.54, 1.807) is 12.1 Å². The molecule has 0 aromatic carbocycles. The zero-order chi connectivity index (χ0) is 13.4. The van der Waals surface area contributed by atoms with E-state index in [2.05, 4.69) is 10.3 Å². The maximum Gasteiger partial charge on any atom is 0.337 e. The SMILES string of the molecule is CC(C)OCCCCNc1ccc(C(=O)O)cn1. The molecule has 0 atom stereocenters. The minimum absolute atomic E-state index is 0.200. The van der Waals surface area contributed by atoms with E-state index in [1.807, 2.05) is 13.8 Å². The predicted octanol–water partition coefficient (Wildman–Crippen LogP) is 2.40. The van der Waals surface area contributed by atoms with E-state index >= 15 is 0 Å². The number of aromatic nitrogens is 1. The lowest BCUT2D eigenvalue weighted by molar-refractivity contribution is 0.0696. The monoisotopic (exact) mass is 252 g/mol. The first-order chi connectivity index (χ1) is 8.59.